The Hall–Kier alpha value is -3.79. The van der Waals surface area contributed by atoms with Gasteiger partial charge in [-0.2, -0.15) is 15.1 Å². The number of nitrogens with zero attached hydrogens (tertiary/aromatic N) is 3. The molecule has 0 spiro atoms. The summed E-state index contributed by atoms with van der Waals surface area (Å²) in [5.74, 6) is 1.08. The molecule has 0 saturated carbocycles. The average molecular weight is 581 g/mol. The van der Waals surface area contributed by atoms with Gasteiger partial charge in [-0.1, -0.05) is 59.1 Å². The zero-order valence-electron chi connectivity index (χ0n) is 20.7. The van der Waals surface area contributed by atoms with E-state index in [2.05, 4.69) is 10.1 Å². The van der Waals surface area contributed by atoms with Crippen molar-refractivity contribution in [2.75, 3.05) is 19.8 Å². The lowest BCUT2D eigenvalue weighted by Gasteiger charge is -2.20. The van der Waals surface area contributed by atoms with Crippen LogP contribution in [0.15, 0.2) is 82.4 Å². The number of amides is 1. The summed E-state index contributed by atoms with van der Waals surface area (Å²) in [5, 5.41) is 15.7. The molecule has 0 bridgehead atoms. The number of para-hydroxylation sites is 1. The van der Waals surface area contributed by atoms with Gasteiger partial charge in [-0.05, 0) is 66.7 Å². The van der Waals surface area contributed by atoms with Gasteiger partial charge in [0, 0.05) is 0 Å². The number of rotatable bonds is 9. The third kappa shape index (κ3) is 6.44. The number of hydrazone groups is 1. The van der Waals surface area contributed by atoms with Gasteiger partial charge in [0.05, 0.1) is 15.6 Å². The van der Waals surface area contributed by atoms with Crippen molar-refractivity contribution in [3.05, 3.63) is 93.5 Å². The monoisotopic (exact) mass is 580 g/mol. The van der Waals surface area contributed by atoms with Crippen LogP contribution in [0.2, 0.25) is 10.0 Å². The highest BCUT2D eigenvalue weighted by molar-refractivity contribution is 8.27. The number of halogens is 2. The third-order valence-electron chi connectivity index (χ3n) is 5.55. The maximum atomic E-state index is 12.8. The zero-order valence-corrected chi connectivity index (χ0v) is 23.0. The van der Waals surface area contributed by atoms with E-state index in [1.165, 1.54) is 22.8 Å². The maximum Gasteiger partial charge on any atom is 0.283 e. The van der Waals surface area contributed by atoms with E-state index in [0.717, 1.165) is 11.3 Å². The molecule has 1 N–H and O–H groups in total. The number of carbonyl (C=O) groups is 1. The maximum absolute atomic E-state index is 12.8. The van der Waals surface area contributed by atoms with E-state index in [9.17, 15) is 4.79 Å². The van der Waals surface area contributed by atoms with Crippen LogP contribution in [-0.2, 0) is 4.79 Å². The van der Waals surface area contributed by atoms with Crippen molar-refractivity contribution in [3.8, 4) is 17.2 Å². The minimum atomic E-state index is -0.556. The second kappa shape index (κ2) is 11.9. The van der Waals surface area contributed by atoms with E-state index >= 15 is 0 Å². The second-order valence-electron chi connectivity index (χ2n) is 8.44. The summed E-state index contributed by atoms with van der Waals surface area (Å²) in [7, 11) is 0. The Kier molecular flexibility index (Phi) is 8.21. The number of benzene rings is 3. The lowest BCUT2D eigenvalue weighted by molar-refractivity contribution is -0.114. The largest absolute Gasteiger partial charge is 0.490 e. The molecule has 0 radical (unpaired) electrons. The first kappa shape index (κ1) is 26.8. The minimum absolute atomic E-state index is 0.0561. The molecule has 2 aliphatic heterocycles. The number of hydrogen-bond acceptors (Lipinski definition) is 7. The molecule has 0 atom stereocenters. The fourth-order valence-electron chi connectivity index (χ4n) is 3.66. The number of aliphatic imine (C=N–C) groups is 1. The van der Waals surface area contributed by atoms with E-state index in [4.69, 9.17) is 42.8 Å². The lowest BCUT2D eigenvalue weighted by atomic mass is 10.1. The molecule has 0 aromatic heterocycles. The Balaban J connectivity index is 1.24. The molecular formula is C28H22Cl2N4O4S. The van der Waals surface area contributed by atoms with Gasteiger partial charge in [0.15, 0.2) is 11.6 Å². The van der Waals surface area contributed by atoms with E-state index in [1.54, 1.807) is 12.1 Å². The van der Waals surface area contributed by atoms with Gasteiger partial charge in [-0.3, -0.25) is 10.2 Å². The average Bonchev–Trinajstić information content (AvgIpc) is 3.33. The van der Waals surface area contributed by atoms with Crippen LogP contribution >= 0.6 is 35.0 Å². The van der Waals surface area contributed by atoms with Crippen LogP contribution in [0.4, 0.5) is 0 Å². The fourth-order valence-corrected chi connectivity index (χ4v) is 5.07. The molecule has 39 heavy (non-hydrogen) atoms. The summed E-state index contributed by atoms with van der Waals surface area (Å²) >= 11 is 14.1. The zero-order chi connectivity index (χ0) is 27.4. The summed E-state index contributed by atoms with van der Waals surface area (Å²) in [6.07, 6.45) is 1.51. The van der Waals surface area contributed by atoms with E-state index in [1.807, 2.05) is 61.5 Å². The van der Waals surface area contributed by atoms with Crippen LogP contribution in [0.1, 0.15) is 11.1 Å². The van der Waals surface area contributed by atoms with Crippen LogP contribution in [0.25, 0.3) is 6.08 Å². The second-order valence-corrected chi connectivity index (χ2v) is 10.3. The van der Waals surface area contributed by atoms with Crippen LogP contribution in [0.3, 0.4) is 0 Å². The van der Waals surface area contributed by atoms with Crippen molar-refractivity contribution < 1.29 is 19.0 Å². The minimum Gasteiger partial charge on any atom is -0.490 e. The topological polar surface area (TPSA) is 96.6 Å². The van der Waals surface area contributed by atoms with Crippen molar-refractivity contribution >= 4 is 63.0 Å². The van der Waals surface area contributed by atoms with Crippen molar-refractivity contribution in [3.63, 3.8) is 0 Å². The number of thioether (sulfide) groups is 1. The number of amidine groups is 2. The quantitative estimate of drug-likeness (QED) is 0.230. The standard InChI is InChI=1S/C28H22Cl2N4O4S/c1-17-7-9-20(10-8-17)36-11-12-37-25-22(29)14-18(15-23(25)30)13-21-26(31)34-28(32-27(21)35)39-24(33-34)16-38-19-5-3-2-4-6-19/h2-10,13-15,31H,11-12,16H2,1H3/b21-13-,31-26?. The summed E-state index contributed by atoms with van der Waals surface area (Å²) in [5.41, 5.74) is 1.72. The molecule has 0 aliphatic carbocycles. The summed E-state index contributed by atoms with van der Waals surface area (Å²) in [4.78, 5) is 16.9. The Morgan fingerprint density at radius 3 is 2.33 bits per heavy atom. The van der Waals surface area contributed by atoms with Crippen LogP contribution in [-0.4, -0.2) is 46.8 Å². The molecule has 5 rings (SSSR count). The number of carbonyl (C=O) groups excluding carboxylic acids is 1. The lowest BCUT2D eigenvalue weighted by Crippen LogP contribution is -2.35. The normalized spacial score (nSPS) is 15.7. The Labute approximate surface area is 239 Å². The molecule has 2 aliphatic rings. The predicted molar refractivity (Wildman–Crippen MR) is 156 cm³/mol. The Morgan fingerprint density at radius 2 is 1.62 bits per heavy atom. The number of fused-ring (bicyclic) bond motifs is 1. The van der Waals surface area contributed by atoms with Gasteiger partial charge in [0.1, 0.15) is 36.4 Å². The first-order valence-corrected chi connectivity index (χ1v) is 13.4. The van der Waals surface area contributed by atoms with Crippen LogP contribution in [0.5, 0.6) is 17.2 Å². The molecule has 3 aromatic carbocycles. The molecule has 8 nitrogen and oxygen atoms in total. The smallest absolute Gasteiger partial charge is 0.283 e. The van der Waals surface area contributed by atoms with Crippen molar-refractivity contribution in [1.82, 2.24) is 5.01 Å². The summed E-state index contributed by atoms with van der Waals surface area (Å²) < 4.78 is 17.1. The molecule has 3 aromatic rings. The van der Waals surface area contributed by atoms with Gasteiger partial charge < -0.3 is 14.2 Å². The summed E-state index contributed by atoms with van der Waals surface area (Å²) in [6.45, 7) is 2.73. The van der Waals surface area contributed by atoms with Crippen LogP contribution in [0, 0.1) is 12.3 Å². The highest BCUT2D eigenvalue weighted by atomic mass is 35.5. The highest BCUT2D eigenvalue weighted by Crippen LogP contribution is 2.36. The molecule has 0 saturated heterocycles. The SMILES string of the molecule is Cc1ccc(OCCOc2c(Cl)cc(/C=C3/C(=N)N4N=C(COc5ccccc5)SC4=NC3=O)cc2Cl)cc1. The molecule has 0 fully saturated rings. The number of ether oxygens (including phenoxy) is 3. The molecule has 2 heterocycles. The molecule has 0 unspecified atom stereocenters. The highest BCUT2D eigenvalue weighted by Gasteiger charge is 2.35. The molecule has 198 valence electrons. The fraction of sp³-hybridized carbons (Fsp3) is 0.143. The van der Waals surface area contributed by atoms with Crippen molar-refractivity contribution in [1.29, 1.82) is 5.41 Å². The molecule has 1 amide bonds. The third-order valence-corrected chi connectivity index (χ3v) is 7.00. The van der Waals surface area contributed by atoms with Gasteiger partial charge >= 0.3 is 0 Å². The number of aryl methyl sites for hydroxylation is 1. The summed E-state index contributed by atoms with van der Waals surface area (Å²) in [6, 6.07) is 20.2. The van der Waals surface area contributed by atoms with E-state index in [-0.39, 0.29) is 34.7 Å². The van der Waals surface area contributed by atoms with Gasteiger partial charge in [-0.25, -0.2) is 0 Å². The first-order valence-electron chi connectivity index (χ1n) is 11.9. The van der Waals surface area contributed by atoms with Gasteiger partial charge in [0.25, 0.3) is 5.91 Å². The number of hydrogen-bond donors (Lipinski definition) is 1. The van der Waals surface area contributed by atoms with E-state index in [0.29, 0.717) is 33.9 Å². The van der Waals surface area contributed by atoms with Gasteiger partial charge in [-0.15, -0.1) is 0 Å². The van der Waals surface area contributed by atoms with Crippen molar-refractivity contribution in [2.45, 2.75) is 6.92 Å². The first-order chi connectivity index (χ1) is 18.9. The predicted octanol–water partition coefficient (Wildman–Crippen LogP) is 6.46. The van der Waals surface area contributed by atoms with Gasteiger partial charge in [0.2, 0.25) is 5.17 Å². The van der Waals surface area contributed by atoms with Crippen molar-refractivity contribution in [2.24, 2.45) is 10.1 Å². The van der Waals surface area contributed by atoms with E-state index < -0.39 is 5.91 Å². The van der Waals surface area contributed by atoms with Crippen LogP contribution < -0.4 is 14.2 Å². The molecule has 11 heteroatoms. The Bertz CT molecular complexity index is 1480. The number of nitrogens with one attached hydrogen (secondary N) is 1. The Morgan fingerprint density at radius 1 is 0.949 bits per heavy atom. The molecular weight excluding hydrogens is 559 g/mol.